The van der Waals surface area contributed by atoms with E-state index >= 15 is 0 Å². The topological polar surface area (TPSA) is 105 Å². The van der Waals surface area contributed by atoms with Gasteiger partial charge in [-0.05, 0) is 24.1 Å². The Morgan fingerprint density at radius 2 is 2.15 bits per heavy atom. The minimum absolute atomic E-state index is 0.0710. The second kappa shape index (κ2) is 7.25. The van der Waals surface area contributed by atoms with Crippen LogP contribution in [0, 0.1) is 6.92 Å². The Labute approximate surface area is 119 Å². The summed E-state index contributed by atoms with van der Waals surface area (Å²) in [7, 11) is -2.93. The van der Waals surface area contributed by atoms with Crippen LogP contribution in [0.25, 0.3) is 0 Å². The lowest BCUT2D eigenvalue weighted by molar-refractivity contribution is 0.318. The van der Waals surface area contributed by atoms with E-state index in [9.17, 15) is 8.42 Å². The predicted molar refractivity (Wildman–Crippen MR) is 79.7 cm³/mol. The zero-order valence-electron chi connectivity index (χ0n) is 11.8. The average molecular weight is 299 g/mol. The summed E-state index contributed by atoms with van der Waals surface area (Å²) in [5.74, 6) is 0.383. The van der Waals surface area contributed by atoms with Crippen molar-refractivity contribution < 1.29 is 13.6 Å². The molecule has 1 aromatic rings. The molecule has 0 saturated carbocycles. The van der Waals surface area contributed by atoms with Gasteiger partial charge in [0.2, 0.25) is 0 Å². The molecule has 6 nitrogen and oxygen atoms in total. The Balaban J connectivity index is 2.58. The molecule has 0 aliphatic heterocycles. The van der Waals surface area contributed by atoms with Crippen LogP contribution >= 0.6 is 0 Å². The lowest BCUT2D eigenvalue weighted by Crippen LogP contribution is -2.24. The van der Waals surface area contributed by atoms with Gasteiger partial charge in [0.1, 0.15) is 0 Å². The molecule has 0 saturated heterocycles. The third-order valence-electron chi connectivity index (χ3n) is 3.09. The Bertz CT molecular complexity index is 583. The predicted octanol–water partition coefficient (Wildman–Crippen LogP) is 0.614. The molecule has 0 fully saturated rings. The molecule has 0 heterocycles. The highest BCUT2D eigenvalue weighted by molar-refractivity contribution is 7.91. The Kier molecular flexibility index (Phi) is 5.97. The van der Waals surface area contributed by atoms with Gasteiger partial charge in [0.05, 0.1) is 5.75 Å². The van der Waals surface area contributed by atoms with Crippen LogP contribution in [0.15, 0.2) is 23.4 Å². The van der Waals surface area contributed by atoms with Gasteiger partial charge in [-0.1, -0.05) is 24.2 Å². The summed E-state index contributed by atoms with van der Waals surface area (Å²) >= 11 is 0. The fraction of sp³-hybridized carbons (Fsp3) is 0.462. The molecule has 0 aliphatic rings. The molecule has 0 amide bonds. The molecule has 0 radical (unpaired) electrons. The average Bonchev–Trinajstić information content (AvgIpc) is 2.44. The largest absolute Gasteiger partial charge is 0.409 e. The number of oxime groups is 1. The molecule has 7 heteroatoms. The van der Waals surface area contributed by atoms with Gasteiger partial charge in [-0.25, -0.2) is 8.42 Å². The van der Waals surface area contributed by atoms with Crippen LogP contribution in [0.1, 0.15) is 23.6 Å². The molecule has 0 bridgehead atoms. The van der Waals surface area contributed by atoms with Crippen LogP contribution < -0.4 is 11.1 Å². The number of aryl methyl sites for hydroxylation is 1. The van der Waals surface area contributed by atoms with Crippen LogP contribution in [0.4, 0.5) is 0 Å². The zero-order valence-corrected chi connectivity index (χ0v) is 12.6. The highest BCUT2D eigenvalue weighted by Gasteiger charge is 2.07. The summed E-state index contributed by atoms with van der Waals surface area (Å²) in [5.41, 5.74) is 8.22. The van der Waals surface area contributed by atoms with Crippen molar-refractivity contribution in [2.45, 2.75) is 20.4 Å². The minimum atomic E-state index is -2.93. The van der Waals surface area contributed by atoms with Crippen LogP contribution in [0.2, 0.25) is 0 Å². The third kappa shape index (κ3) is 4.82. The fourth-order valence-corrected chi connectivity index (χ4v) is 2.45. The Hall–Kier alpha value is -1.60. The first kappa shape index (κ1) is 16.5. The molecule has 112 valence electrons. The van der Waals surface area contributed by atoms with E-state index in [-0.39, 0.29) is 17.3 Å². The van der Waals surface area contributed by atoms with Crippen molar-refractivity contribution in [2.75, 3.05) is 18.1 Å². The van der Waals surface area contributed by atoms with E-state index in [1.54, 1.807) is 13.0 Å². The Morgan fingerprint density at radius 1 is 1.45 bits per heavy atom. The lowest BCUT2D eigenvalue weighted by atomic mass is 10.0. The van der Waals surface area contributed by atoms with Crippen LogP contribution in [0.3, 0.4) is 0 Å². The summed E-state index contributed by atoms with van der Waals surface area (Å²) in [6.07, 6.45) is 0. The number of hydrogen-bond donors (Lipinski definition) is 3. The van der Waals surface area contributed by atoms with E-state index in [1.807, 2.05) is 19.1 Å². The normalized spacial score (nSPS) is 12.6. The SMILES string of the molecule is CCS(=O)(=O)CCNCc1ccc(/C(N)=N/O)cc1C. The molecule has 0 atom stereocenters. The second-order valence-electron chi connectivity index (χ2n) is 4.54. The van der Waals surface area contributed by atoms with E-state index in [4.69, 9.17) is 10.9 Å². The quantitative estimate of drug-likeness (QED) is 0.225. The van der Waals surface area contributed by atoms with E-state index in [2.05, 4.69) is 10.5 Å². The zero-order chi connectivity index (χ0) is 15.2. The molecule has 0 aromatic heterocycles. The van der Waals surface area contributed by atoms with Crippen molar-refractivity contribution >= 4 is 15.7 Å². The highest BCUT2D eigenvalue weighted by Crippen LogP contribution is 2.11. The molecule has 0 spiro atoms. The molecular weight excluding hydrogens is 278 g/mol. The smallest absolute Gasteiger partial charge is 0.170 e. The first-order valence-corrected chi connectivity index (χ1v) is 8.20. The maximum Gasteiger partial charge on any atom is 0.170 e. The van der Waals surface area contributed by atoms with Gasteiger partial charge < -0.3 is 16.3 Å². The number of amidine groups is 1. The van der Waals surface area contributed by atoms with Crippen molar-refractivity contribution in [1.29, 1.82) is 0 Å². The minimum Gasteiger partial charge on any atom is -0.409 e. The van der Waals surface area contributed by atoms with Gasteiger partial charge in [-0.3, -0.25) is 0 Å². The number of benzene rings is 1. The van der Waals surface area contributed by atoms with E-state index in [0.717, 1.165) is 11.1 Å². The molecule has 4 N–H and O–H groups in total. The van der Waals surface area contributed by atoms with E-state index in [1.165, 1.54) is 0 Å². The van der Waals surface area contributed by atoms with E-state index < -0.39 is 9.84 Å². The fourth-order valence-electron chi connectivity index (χ4n) is 1.71. The summed E-state index contributed by atoms with van der Waals surface area (Å²) in [6.45, 7) is 4.58. The summed E-state index contributed by atoms with van der Waals surface area (Å²) in [4.78, 5) is 0. The molecule has 1 rings (SSSR count). The number of rotatable bonds is 7. The molecule has 0 aliphatic carbocycles. The monoisotopic (exact) mass is 299 g/mol. The summed E-state index contributed by atoms with van der Waals surface area (Å²) < 4.78 is 22.7. The molecule has 20 heavy (non-hydrogen) atoms. The van der Waals surface area contributed by atoms with Gasteiger partial charge >= 0.3 is 0 Å². The Morgan fingerprint density at radius 3 is 2.70 bits per heavy atom. The molecular formula is C13H21N3O3S. The van der Waals surface area contributed by atoms with Crippen LogP contribution in [-0.2, 0) is 16.4 Å². The maximum atomic E-state index is 11.3. The van der Waals surface area contributed by atoms with Crippen LogP contribution in [0.5, 0.6) is 0 Å². The standard InChI is InChI=1S/C13H21N3O3S/c1-3-20(18,19)7-6-15-9-12-5-4-11(8-10(12)2)13(14)16-17/h4-5,8,15,17H,3,6-7,9H2,1-2H3,(H2,14,16). The van der Waals surface area contributed by atoms with Crippen molar-refractivity contribution in [1.82, 2.24) is 5.32 Å². The number of nitrogens with two attached hydrogens (primary N) is 1. The molecule has 1 aromatic carbocycles. The summed E-state index contributed by atoms with van der Waals surface area (Å²) in [6, 6.07) is 5.47. The first-order chi connectivity index (χ1) is 9.39. The van der Waals surface area contributed by atoms with Gasteiger partial charge in [0.15, 0.2) is 15.7 Å². The maximum absolute atomic E-state index is 11.3. The summed E-state index contributed by atoms with van der Waals surface area (Å²) in [5, 5.41) is 14.7. The third-order valence-corrected chi connectivity index (χ3v) is 4.80. The van der Waals surface area contributed by atoms with Crippen molar-refractivity contribution in [3.05, 3.63) is 34.9 Å². The lowest BCUT2D eigenvalue weighted by Gasteiger charge is -2.09. The van der Waals surface area contributed by atoms with Crippen molar-refractivity contribution in [3.63, 3.8) is 0 Å². The van der Waals surface area contributed by atoms with E-state index in [0.29, 0.717) is 18.7 Å². The number of hydrogen-bond acceptors (Lipinski definition) is 5. The van der Waals surface area contributed by atoms with Crippen LogP contribution in [-0.4, -0.2) is 37.5 Å². The second-order valence-corrected chi connectivity index (χ2v) is 7.01. The van der Waals surface area contributed by atoms with Gasteiger partial charge in [0.25, 0.3) is 0 Å². The highest BCUT2D eigenvalue weighted by atomic mass is 32.2. The van der Waals surface area contributed by atoms with Gasteiger partial charge in [-0.15, -0.1) is 0 Å². The number of nitrogens with one attached hydrogen (secondary N) is 1. The molecule has 0 unspecified atom stereocenters. The van der Waals surface area contributed by atoms with Gasteiger partial charge in [-0.2, -0.15) is 0 Å². The van der Waals surface area contributed by atoms with Gasteiger partial charge in [0, 0.05) is 24.4 Å². The number of sulfone groups is 1. The van der Waals surface area contributed by atoms with Crippen molar-refractivity contribution in [2.24, 2.45) is 10.9 Å². The number of nitrogens with zero attached hydrogens (tertiary/aromatic N) is 1. The van der Waals surface area contributed by atoms with Crippen molar-refractivity contribution in [3.8, 4) is 0 Å². The first-order valence-electron chi connectivity index (χ1n) is 6.38.